The third-order valence-corrected chi connectivity index (χ3v) is 5.13. The maximum atomic E-state index is 9.37. The Balaban J connectivity index is 1.64. The molecule has 6 N–H and O–H groups in total. The predicted molar refractivity (Wildman–Crippen MR) is 129 cm³/mol. The van der Waals surface area contributed by atoms with Gasteiger partial charge in [0.25, 0.3) is 0 Å². The average Bonchev–Trinajstić information content (AvgIpc) is 3.34. The molecule has 1 aromatic carbocycles. The fourth-order valence-electron chi connectivity index (χ4n) is 3.59. The minimum absolute atomic E-state index is 0.0118. The molecule has 0 aliphatic carbocycles. The Bertz CT molecular complexity index is 1610. The molecule has 0 bridgehead atoms. The third kappa shape index (κ3) is 4.08. The Morgan fingerprint density at radius 1 is 1.08 bits per heavy atom. The van der Waals surface area contributed by atoms with Crippen molar-refractivity contribution in [2.24, 2.45) is 16.8 Å². The number of hydrazine groups is 1. The van der Waals surface area contributed by atoms with Gasteiger partial charge in [-0.15, -0.1) is 5.10 Å². The Morgan fingerprint density at radius 3 is 2.64 bits per heavy atom. The summed E-state index contributed by atoms with van der Waals surface area (Å²) in [6.45, 7) is 0.0118. The summed E-state index contributed by atoms with van der Waals surface area (Å²) in [5, 5.41) is 18.8. The van der Waals surface area contributed by atoms with Crippen LogP contribution in [0.5, 0.6) is 0 Å². The number of hydrogen-bond donors (Lipinski definition) is 3. The molecule has 0 saturated carbocycles. The van der Waals surface area contributed by atoms with Gasteiger partial charge >= 0.3 is 0 Å². The summed E-state index contributed by atoms with van der Waals surface area (Å²) >= 11 is 0. The van der Waals surface area contributed by atoms with Crippen molar-refractivity contribution in [2.75, 3.05) is 5.73 Å². The molecule has 0 spiro atoms. The molecule has 0 amide bonds. The van der Waals surface area contributed by atoms with Crippen LogP contribution in [0.2, 0.25) is 0 Å². The van der Waals surface area contributed by atoms with E-state index >= 15 is 0 Å². The van der Waals surface area contributed by atoms with Crippen LogP contribution < -0.4 is 17.4 Å². The first-order chi connectivity index (χ1) is 17.6. The molecule has 0 fully saturated rings. The van der Waals surface area contributed by atoms with Crippen molar-refractivity contribution in [2.45, 2.75) is 6.54 Å². The van der Waals surface area contributed by atoms with E-state index in [-0.39, 0.29) is 24.2 Å². The number of benzene rings is 1. The van der Waals surface area contributed by atoms with E-state index in [0.717, 1.165) is 0 Å². The normalized spacial score (nSPS) is 11.4. The van der Waals surface area contributed by atoms with Crippen LogP contribution in [0.15, 0.2) is 66.4 Å². The van der Waals surface area contributed by atoms with Gasteiger partial charge in [0, 0.05) is 24.2 Å². The summed E-state index contributed by atoms with van der Waals surface area (Å²) in [5.74, 6) is 12.5. The first-order valence-corrected chi connectivity index (χ1v) is 10.5. The summed E-state index contributed by atoms with van der Waals surface area (Å²) in [6.07, 6.45) is 6.12. The quantitative estimate of drug-likeness (QED) is 0.136. The molecule has 5 rings (SSSR count). The molecule has 0 saturated heterocycles. The van der Waals surface area contributed by atoms with Crippen molar-refractivity contribution in [3.63, 3.8) is 0 Å². The van der Waals surface area contributed by atoms with Crippen molar-refractivity contribution in [3.8, 4) is 28.6 Å². The molecule has 14 heteroatoms. The molecule has 14 nitrogen and oxygen atoms in total. The highest BCUT2D eigenvalue weighted by Gasteiger charge is 2.22. The number of rotatable bonds is 5. The van der Waals surface area contributed by atoms with Crippen molar-refractivity contribution >= 4 is 17.4 Å². The van der Waals surface area contributed by atoms with Gasteiger partial charge in [0.05, 0.1) is 35.1 Å². The predicted octanol–water partition coefficient (Wildman–Crippen LogP) is 0.488. The van der Waals surface area contributed by atoms with Gasteiger partial charge in [-0.1, -0.05) is 12.1 Å². The lowest BCUT2D eigenvalue weighted by Gasteiger charge is -2.16. The number of amidine groups is 1. The zero-order chi connectivity index (χ0) is 25.1. The van der Waals surface area contributed by atoms with Crippen molar-refractivity contribution in [1.29, 1.82) is 5.26 Å². The smallest absolute Gasteiger partial charge is 0.223 e. The topological polar surface area (TPSA) is 212 Å². The number of hydrogen-bond acceptors (Lipinski definition) is 12. The Kier molecular flexibility index (Phi) is 5.79. The molecule has 0 aliphatic rings. The van der Waals surface area contributed by atoms with Crippen molar-refractivity contribution in [1.82, 2.24) is 44.5 Å². The standard InChI is InChI=1S/C22H18N14/c23-10-13-3-1-4-14(9-13)18-17(15-5-8-27-12-30-15)20-31-16(34-36(20)22(24)32-18)11-35(26)21(33-25)19-28-6-2-7-29-19/h1-9,12H,11,25-26H2,(H2,24,32)/b33-21-. The molecule has 5 aromatic rings. The van der Waals surface area contributed by atoms with Crippen LogP contribution in [0, 0.1) is 11.3 Å². The Hall–Kier alpha value is -5.55. The minimum Gasteiger partial charge on any atom is -0.368 e. The molecule has 36 heavy (non-hydrogen) atoms. The SMILES string of the molecule is N#Cc1cccc(-c2nc(N)n3nc(CN(N)/C(=N\N)c4ncccn4)nc3c2-c2ccncn2)c1. The van der Waals surface area contributed by atoms with Gasteiger partial charge < -0.3 is 11.6 Å². The van der Waals surface area contributed by atoms with E-state index in [1.54, 1.807) is 48.9 Å². The van der Waals surface area contributed by atoms with E-state index in [2.05, 4.69) is 46.2 Å². The van der Waals surface area contributed by atoms with Gasteiger partial charge in [-0.3, -0.25) is 5.01 Å². The zero-order valence-corrected chi connectivity index (χ0v) is 18.6. The number of nitrogen functional groups attached to an aromatic ring is 1. The molecular formula is C22H18N14. The van der Waals surface area contributed by atoms with E-state index in [4.69, 9.17) is 17.4 Å². The summed E-state index contributed by atoms with van der Waals surface area (Å²) in [7, 11) is 0. The molecule has 0 unspecified atom stereocenters. The second-order valence-corrected chi connectivity index (χ2v) is 7.40. The van der Waals surface area contributed by atoms with Gasteiger partial charge in [0.1, 0.15) is 6.33 Å². The van der Waals surface area contributed by atoms with E-state index in [9.17, 15) is 5.26 Å². The van der Waals surface area contributed by atoms with Crippen LogP contribution in [0.1, 0.15) is 17.2 Å². The van der Waals surface area contributed by atoms with Crippen molar-refractivity contribution in [3.05, 3.63) is 78.5 Å². The number of anilines is 1. The Labute approximate surface area is 203 Å². The monoisotopic (exact) mass is 478 g/mol. The van der Waals surface area contributed by atoms with E-state index in [0.29, 0.717) is 39.5 Å². The molecule has 0 aliphatic heterocycles. The summed E-state index contributed by atoms with van der Waals surface area (Å²) in [6, 6.07) is 12.5. The molecular weight excluding hydrogens is 460 g/mol. The van der Waals surface area contributed by atoms with Crippen LogP contribution in [-0.4, -0.2) is 50.4 Å². The van der Waals surface area contributed by atoms with E-state index in [1.165, 1.54) is 15.9 Å². The fourth-order valence-corrected chi connectivity index (χ4v) is 3.59. The van der Waals surface area contributed by atoms with E-state index in [1.807, 2.05) is 6.07 Å². The number of nitrogens with two attached hydrogens (primary N) is 3. The molecule has 4 heterocycles. The number of nitrogens with zero attached hydrogens (tertiary/aromatic N) is 11. The highest BCUT2D eigenvalue weighted by Crippen LogP contribution is 2.33. The largest absolute Gasteiger partial charge is 0.368 e. The third-order valence-electron chi connectivity index (χ3n) is 5.13. The van der Waals surface area contributed by atoms with E-state index < -0.39 is 0 Å². The lowest BCUT2D eigenvalue weighted by atomic mass is 10.0. The molecule has 0 radical (unpaired) electrons. The first-order valence-electron chi connectivity index (χ1n) is 10.5. The first kappa shape index (κ1) is 22.3. The fraction of sp³-hybridized carbons (Fsp3) is 0.0455. The maximum absolute atomic E-state index is 9.37. The number of nitriles is 1. The number of aromatic nitrogens is 8. The van der Waals surface area contributed by atoms with Crippen LogP contribution >= 0.6 is 0 Å². The summed E-state index contributed by atoms with van der Waals surface area (Å²) < 4.78 is 1.40. The number of hydrazone groups is 1. The van der Waals surface area contributed by atoms with Gasteiger partial charge in [-0.05, 0) is 24.3 Å². The average molecular weight is 478 g/mol. The summed E-state index contributed by atoms with van der Waals surface area (Å²) in [5.41, 5.74) is 9.40. The maximum Gasteiger partial charge on any atom is 0.223 e. The van der Waals surface area contributed by atoms with Gasteiger partial charge in [-0.2, -0.15) is 14.9 Å². The number of fused-ring (bicyclic) bond motifs is 1. The van der Waals surface area contributed by atoms with Crippen LogP contribution in [0.3, 0.4) is 0 Å². The van der Waals surface area contributed by atoms with Crippen LogP contribution in [0.25, 0.3) is 28.2 Å². The minimum atomic E-state index is 0.0118. The van der Waals surface area contributed by atoms with Crippen LogP contribution in [0.4, 0.5) is 5.95 Å². The molecule has 4 aromatic heterocycles. The second-order valence-electron chi connectivity index (χ2n) is 7.40. The van der Waals surface area contributed by atoms with Gasteiger partial charge in [0.2, 0.25) is 11.8 Å². The molecule has 0 atom stereocenters. The van der Waals surface area contributed by atoms with Gasteiger partial charge in [0.15, 0.2) is 17.3 Å². The van der Waals surface area contributed by atoms with Gasteiger partial charge in [-0.25, -0.2) is 35.7 Å². The highest BCUT2D eigenvalue weighted by atomic mass is 15.5. The Morgan fingerprint density at radius 2 is 1.92 bits per heavy atom. The van der Waals surface area contributed by atoms with Crippen LogP contribution in [-0.2, 0) is 6.54 Å². The lowest BCUT2D eigenvalue weighted by molar-refractivity contribution is 0.418. The summed E-state index contributed by atoms with van der Waals surface area (Å²) in [4.78, 5) is 25.9. The van der Waals surface area contributed by atoms with Crippen molar-refractivity contribution < 1.29 is 0 Å². The highest BCUT2D eigenvalue weighted by molar-refractivity contribution is 5.94. The second kappa shape index (κ2) is 9.37. The molecule has 176 valence electrons. The lowest BCUT2D eigenvalue weighted by Crippen LogP contribution is -2.39. The zero-order valence-electron chi connectivity index (χ0n) is 18.6.